The number of amides is 1. The Morgan fingerprint density at radius 3 is 2.29 bits per heavy atom. The number of carbonyl (C=O) groups is 3. The standard InChI is InChI=1S/C11H10ClF3N2O4/c1-4(11(13,14)15)16-9(19)8(18)5-3-17(2)7(6(5)12)10(20)21/h3-4H,1-2H3,(H,16,19)(H,20,21). The second kappa shape index (κ2) is 5.76. The summed E-state index contributed by atoms with van der Waals surface area (Å²) in [6.07, 6.45) is -3.74. The third-order valence-electron chi connectivity index (χ3n) is 2.61. The average molecular weight is 327 g/mol. The molecular formula is C11H10ClF3N2O4. The van der Waals surface area contributed by atoms with Crippen molar-refractivity contribution in [2.45, 2.75) is 19.1 Å². The van der Waals surface area contributed by atoms with E-state index in [2.05, 4.69) is 0 Å². The van der Waals surface area contributed by atoms with Crippen LogP contribution in [0.25, 0.3) is 0 Å². The van der Waals surface area contributed by atoms with E-state index < -0.39 is 46.2 Å². The van der Waals surface area contributed by atoms with E-state index in [4.69, 9.17) is 16.7 Å². The number of nitrogens with one attached hydrogen (secondary N) is 1. The number of aromatic nitrogens is 1. The Hall–Kier alpha value is -2.03. The highest BCUT2D eigenvalue weighted by atomic mass is 35.5. The Morgan fingerprint density at radius 2 is 1.90 bits per heavy atom. The molecule has 0 bridgehead atoms. The van der Waals surface area contributed by atoms with Crippen molar-refractivity contribution < 1.29 is 32.7 Å². The van der Waals surface area contributed by atoms with E-state index in [0.717, 1.165) is 10.8 Å². The number of ketones is 1. The fourth-order valence-electron chi connectivity index (χ4n) is 1.47. The van der Waals surface area contributed by atoms with Crippen LogP contribution in [0.1, 0.15) is 27.8 Å². The van der Waals surface area contributed by atoms with Crippen LogP contribution in [-0.4, -0.2) is 39.6 Å². The Morgan fingerprint density at radius 1 is 1.38 bits per heavy atom. The summed E-state index contributed by atoms with van der Waals surface area (Å²) >= 11 is 5.67. The van der Waals surface area contributed by atoms with E-state index in [0.29, 0.717) is 6.92 Å². The summed E-state index contributed by atoms with van der Waals surface area (Å²) in [5.41, 5.74) is -0.930. The number of hydrogen-bond acceptors (Lipinski definition) is 3. The molecular weight excluding hydrogens is 317 g/mol. The van der Waals surface area contributed by atoms with Crippen molar-refractivity contribution in [1.29, 1.82) is 0 Å². The van der Waals surface area contributed by atoms with Crippen molar-refractivity contribution in [3.63, 3.8) is 0 Å². The Bertz CT molecular complexity index is 609. The lowest BCUT2D eigenvalue weighted by Crippen LogP contribution is -2.45. The first kappa shape index (κ1) is 17.0. The molecule has 0 aliphatic heterocycles. The van der Waals surface area contributed by atoms with Crippen LogP contribution < -0.4 is 5.32 Å². The average Bonchev–Trinajstić information content (AvgIpc) is 2.62. The van der Waals surface area contributed by atoms with Gasteiger partial charge < -0.3 is 15.0 Å². The summed E-state index contributed by atoms with van der Waals surface area (Å²) in [4.78, 5) is 34.1. The van der Waals surface area contributed by atoms with Crippen LogP contribution in [0.4, 0.5) is 13.2 Å². The topological polar surface area (TPSA) is 88.4 Å². The van der Waals surface area contributed by atoms with Gasteiger partial charge in [-0.25, -0.2) is 4.79 Å². The lowest BCUT2D eigenvalue weighted by atomic mass is 10.2. The number of carboxylic acid groups (broad SMARTS) is 1. The summed E-state index contributed by atoms with van der Waals surface area (Å²) in [6, 6.07) is -2.23. The van der Waals surface area contributed by atoms with Crippen LogP contribution in [0.15, 0.2) is 6.20 Å². The maximum absolute atomic E-state index is 12.3. The van der Waals surface area contributed by atoms with Crippen molar-refractivity contribution in [2.24, 2.45) is 7.05 Å². The highest BCUT2D eigenvalue weighted by molar-refractivity contribution is 6.47. The molecule has 0 aliphatic carbocycles. The third-order valence-corrected chi connectivity index (χ3v) is 2.99. The van der Waals surface area contributed by atoms with Crippen LogP contribution in [0.5, 0.6) is 0 Å². The largest absolute Gasteiger partial charge is 0.477 e. The molecule has 0 aromatic carbocycles. The molecule has 1 aromatic heterocycles. The molecule has 0 aliphatic rings. The first-order valence-electron chi connectivity index (χ1n) is 5.46. The van der Waals surface area contributed by atoms with Gasteiger partial charge in [-0.05, 0) is 6.92 Å². The molecule has 1 unspecified atom stereocenters. The molecule has 10 heteroatoms. The summed E-state index contributed by atoms with van der Waals surface area (Å²) in [6.45, 7) is 0.667. The second-order valence-corrected chi connectivity index (χ2v) is 4.57. The number of nitrogens with zero attached hydrogens (tertiary/aromatic N) is 1. The van der Waals surface area contributed by atoms with E-state index in [1.165, 1.54) is 12.4 Å². The molecule has 1 aromatic rings. The van der Waals surface area contributed by atoms with E-state index in [-0.39, 0.29) is 0 Å². The van der Waals surface area contributed by atoms with Gasteiger partial charge in [-0.2, -0.15) is 13.2 Å². The van der Waals surface area contributed by atoms with Crippen molar-refractivity contribution in [2.75, 3.05) is 0 Å². The first-order valence-corrected chi connectivity index (χ1v) is 5.84. The third kappa shape index (κ3) is 3.54. The lowest BCUT2D eigenvalue weighted by Gasteiger charge is -2.16. The van der Waals surface area contributed by atoms with E-state index >= 15 is 0 Å². The molecule has 1 rings (SSSR count). The van der Waals surface area contributed by atoms with Crippen molar-refractivity contribution in [3.8, 4) is 0 Å². The predicted molar refractivity (Wildman–Crippen MR) is 65.4 cm³/mol. The SMILES string of the molecule is CC(NC(=O)C(=O)c1cn(C)c(C(=O)O)c1Cl)C(F)(F)F. The zero-order valence-electron chi connectivity index (χ0n) is 10.8. The first-order chi connectivity index (χ1) is 9.46. The fraction of sp³-hybridized carbons (Fsp3) is 0.364. The number of halogens is 4. The Kier molecular flexibility index (Phi) is 4.67. The second-order valence-electron chi connectivity index (χ2n) is 4.19. The Balaban J connectivity index is 3.03. The van der Waals surface area contributed by atoms with Crippen LogP contribution in [-0.2, 0) is 11.8 Å². The van der Waals surface area contributed by atoms with Crippen LogP contribution in [0, 0.1) is 0 Å². The van der Waals surface area contributed by atoms with Crippen molar-refractivity contribution in [1.82, 2.24) is 9.88 Å². The van der Waals surface area contributed by atoms with Gasteiger partial charge in [0.25, 0.3) is 11.7 Å². The Labute approximate surface area is 121 Å². The highest BCUT2D eigenvalue weighted by Gasteiger charge is 2.38. The molecule has 1 atom stereocenters. The van der Waals surface area contributed by atoms with Gasteiger partial charge in [0.2, 0.25) is 0 Å². The molecule has 0 saturated heterocycles. The fourth-order valence-corrected chi connectivity index (χ4v) is 1.82. The molecule has 0 spiro atoms. The van der Waals surface area contributed by atoms with Crippen LogP contribution in [0.3, 0.4) is 0 Å². The minimum Gasteiger partial charge on any atom is -0.477 e. The van der Waals surface area contributed by atoms with Gasteiger partial charge in [0.15, 0.2) is 0 Å². The van der Waals surface area contributed by atoms with Gasteiger partial charge in [-0.15, -0.1) is 0 Å². The van der Waals surface area contributed by atoms with Gasteiger partial charge in [-0.1, -0.05) is 11.6 Å². The van der Waals surface area contributed by atoms with Gasteiger partial charge in [-0.3, -0.25) is 9.59 Å². The van der Waals surface area contributed by atoms with Gasteiger partial charge in [0.05, 0.1) is 10.6 Å². The molecule has 21 heavy (non-hydrogen) atoms. The molecule has 6 nitrogen and oxygen atoms in total. The number of alkyl halides is 3. The normalized spacial score (nSPS) is 12.9. The van der Waals surface area contributed by atoms with E-state index in [9.17, 15) is 27.6 Å². The number of rotatable bonds is 4. The van der Waals surface area contributed by atoms with E-state index in [1.54, 1.807) is 0 Å². The molecule has 1 heterocycles. The summed E-state index contributed by atoms with van der Waals surface area (Å²) in [5, 5.41) is 9.83. The number of carbonyl (C=O) groups excluding carboxylic acids is 2. The van der Waals surface area contributed by atoms with Crippen molar-refractivity contribution in [3.05, 3.63) is 22.5 Å². The summed E-state index contributed by atoms with van der Waals surface area (Å²) < 4.78 is 37.9. The van der Waals surface area contributed by atoms with Crippen molar-refractivity contribution >= 4 is 29.3 Å². The van der Waals surface area contributed by atoms with Crippen LogP contribution >= 0.6 is 11.6 Å². The molecule has 0 fully saturated rings. The van der Waals surface area contributed by atoms with Gasteiger partial charge >= 0.3 is 12.1 Å². The lowest BCUT2D eigenvalue weighted by molar-refractivity contribution is -0.156. The quantitative estimate of drug-likeness (QED) is 0.650. The zero-order chi connectivity index (χ0) is 16.5. The maximum Gasteiger partial charge on any atom is 0.408 e. The smallest absolute Gasteiger partial charge is 0.408 e. The summed E-state index contributed by atoms with van der Waals surface area (Å²) in [7, 11) is 1.27. The van der Waals surface area contributed by atoms with Crippen LogP contribution in [0.2, 0.25) is 5.02 Å². The highest BCUT2D eigenvalue weighted by Crippen LogP contribution is 2.24. The molecule has 0 saturated carbocycles. The molecule has 1 amide bonds. The number of carboxylic acids is 1. The summed E-state index contributed by atoms with van der Waals surface area (Å²) in [5.74, 6) is -4.31. The number of aryl methyl sites for hydroxylation is 1. The molecule has 0 radical (unpaired) electrons. The molecule has 116 valence electrons. The predicted octanol–water partition coefficient (Wildman–Crippen LogP) is 1.63. The number of Topliss-reactive ketones (excluding diaryl/α,β-unsaturated/α-hetero) is 1. The van der Waals surface area contributed by atoms with Gasteiger partial charge in [0, 0.05) is 13.2 Å². The molecule has 2 N–H and O–H groups in total. The monoisotopic (exact) mass is 326 g/mol. The number of hydrogen-bond donors (Lipinski definition) is 2. The maximum atomic E-state index is 12.3. The van der Waals surface area contributed by atoms with Gasteiger partial charge in [0.1, 0.15) is 11.7 Å². The minimum absolute atomic E-state index is 0.448. The minimum atomic E-state index is -4.71. The zero-order valence-corrected chi connectivity index (χ0v) is 11.5. The number of aromatic carboxylic acids is 1. The van der Waals surface area contributed by atoms with E-state index in [1.807, 2.05) is 0 Å².